The molecule has 1 saturated heterocycles. The van der Waals surface area contributed by atoms with E-state index in [0.717, 1.165) is 13.1 Å². The average Bonchev–Trinajstić information content (AvgIpc) is 2.45. The van der Waals surface area contributed by atoms with Gasteiger partial charge in [-0.3, -0.25) is 0 Å². The number of alkyl halides is 1. The highest BCUT2D eigenvalue weighted by atomic mass is 79.9. The molecule has 0 aliphatic carbocycles. The molecule has 2 unspecified atom stereocenters. The summed E-state index contributed by atoms with van der Waals surface area (Å²) < 4.78 is 5.40. The zero-order valence-corrected chi connectivity index (χ0v) is 10.2. The van der Waals surface area contributed by atoms with Gasteiger partial charge in [-0.2, -0.15) is 0 Å². The molecule has 1 fully saturated rings. The lowest BCUT2D eigenvalue weighted by Gasteiger charge is -2.12. The molecular weight excluding hydrogens is 234 g/mol. The Bertz CT molecular complexity index is 124. The Balaban J connectivity index is 0.000000671. The molecule has 0 spiro atoms. The first-order chi connectivity index (χ1) is 6.24. The highest BCUT2D eigenvalue weighted by Gasteiger charge is 2.28. The molecule has 0 amide bonds. The maximum atomic E-state index is 8.52. The van der Waals surface area contributed by atoms with Crippen LogP contribution in [0.2, 0.25) is 0 Å². The fourth-order valence-corrected chi connectivity index (χ4v) is 2.09. The van der Waals surface area contributed by atoms with Gasteiger partial charge in [0.05, 0.1) is 24.1 Å². The molecule has 0 aromatic rings. The van der Waals surface area contributed by atoms with Gasteiger partial charge in [0, 0.05) is 13.1 Å². The highest BCUT2D eigenvalue weighted by Crippen LogP contribution is 2.18. The fraction of sp³-hybridized carbons (Fsp3) is 1.00. The fourth-order valence-electron chi connectivity index (χ4n) is 1.27. The topological polar surface area (TPSA) is 32.7 Å². The molecule has 13 heavy (non-hydrogen) atoms. The normalized spacial score (nSPS) is 28.4. The van der Waals surface area contributed by atoms with E-state index in [9.17, 15) is 0 Å². The zero-order chi connectivity index (χ0) is 10.3. The summed E-state index contributed by atoms with van der Waals surface area (Å²) in [5.41, 5.74) is 0. The van der Waals surface area contributed by atoms with Gasteiger partial charge in [0.1, 0.15) is 0 Å². The summed E-state index contributed by atoms with van der Waals surface area (Å²) in [6, 6.07) is 0. The van der Waals surface area contributed by atoms with E-state index in [1.54, 1.807) is 0 Å². The van der Waals surface area contributed by atoms with Gasteiger partial charge in [0.25, 0.3) is 0 Å². The van der Waals surface area contributed by atoms with Gasteiger partial charge in [-0.25, -0.2) is 0 Å². The Hall–Kier alpha value is 0.360. The zero-order valence-electron chi connectivity index (χ0n) is 8.66. The Labute approximate surface area is 89.2 Å². The predicted molar refractivity (Wildman–Crippen MR) is 58.4 cm³/mol. The standard InChI is InChI=1S/C7H14BrNO2.C2H6/c1-9-4-6(8)7(5-9)11-3-2-10;1-2/h6-7,10H,2-5H2,1H3;1-2H3. The molecular formula is C9H20BrNO2. The van der Waals surface area contributed by atoms with Gasteiger partial charge in [-0.15, -0.1) is 0 Å². The van der Waals surface area contributed by atoms with Crippen LogP contribution in [0.15, 0.2) is 0 Å². The third kappa shape index (κ3) is 4.96. The molecule has 0 aromatic heterocycles. The summed E-state index contributed by atoms with van der Waals surface area (Å²) in [5, 5.41) is 8.52. The number of halogens is 1. The van der Waals surface area contributed by atoms with Crippen LogP contribution < -0.4 is 0 Å². The maximum Gasteiger partial charge on any atom is 0.0840 e. The van der Waals surface area contributed by atoms with E-state index in [0.29, 0.717) is 11.4 Å². The SMILES string of the molecule is CC.CN1CC(Br)C(OCCO)C1. The van der Waals surface area contributed by atoms with Crippen LogP contribution in [0.1, 0.15) is 13.8 Å². The minimum atomic E-state index is 0.111. The molecule has 1 N–H and O–H groups in total. The van der Waals surface area contributed by atoms with E-state index in [2.05, 4.69) is 27.9 Å². The number of hydrogen-bond acceptors (Lipinski definition) is 3. The third-order valence-electron chi connectivity index (χ3n) is 1.80. The van der Waals surface area contributed by atoms with E-state index >= 15 is 0 Å². The number of nitrogens with zero attached hydrogens (tertiary/aromatic N) is 1. The Kier molecular flexibility index (Phi) is 7.95. The van der Waals surface area contributed by atoms with Crippen LogP contribution in [-0.4, -0.2) is 54.3 Å². The summed E-state index contributed by atoms with van der Waals surface area (Å²) in [5.74, 6) is 0. The lowest BCUT2D eigenvalue weighted by Crippen LogP contribution is -2.24. The van der Waals surface area contributed by atoms with Crippen molar-refractivity contribution in [2.24, 2.45) is 0 Å². The molecule has 1 rings (SSSR count). The first kappa shape index (κ1) is 13.4. The quantitative estimate of drug-likeness (QED) is 0.765. The molecule has 2 atom stereocenters. The summed E-state index contributed by atoms with van der Waals surface area (Å²) in [4.78, 5) is 2.63. The molecule has 1 aliphatic rings. The minimum Gasteiger partial charge on any atom is -0.394 e. The van der Waals surface area contributed by atoms with Crippen LogP contribution in [0.3, 0.4) is 0 Å². The van der Waals surface area contributed by atoms with Crippen molar-refractivity contribution in [3.8, 4) is 0 Å². The second-order valence-electron chi connectivity index (χ2n) is 2.87. The minimum absolute atomic E-state index is 0.111. The van der Waals surface area contributed by atoms with E-state index < -0.39 is 0 Å². The van der Waals surface area contributed by atoms with Gasteiger partial charge in [0.15, 0.2) is 0 Å². The molecule has 0 bridgehead atoms. The summed E-state index contributed by atoms with van der Waals surface area (Å²) in [6.45, 7) is 6.53. The van der Waals surface area contributed by atoms with Crippen molar-refractivity contribution in [3.63, 3.8) is 0 Å². The van der Waals surface area contributed by atoms with E-state index in [4.69, 9.17) is 9.84 Å². The molecule has 0 saturated carbocycles. The van der Waals surface area contributed by atoms with Crippen molar-refractivity contribution in [1.82, 2.24) is 4.90 Å². The van der Waals surface area contributed by atoms with Gasteiger partial charge < -0.3 is 14.7 Å². The van der Waals surface area contributed by atoms with Crippen LogP contribution in [0, 0.1) is 0 Å². The largest absolute Gasteiger partial charge is 0.394 e. The number of rotatable bonds is 3. The van der Waals surface area contributed by atoms with Crippen molar-refractivity contribution in [1.29, 1.82) is 0 Å². The number of ether oxygens (including phenoxy) is 1. The van der Waals surface area contributed by atoms with E-state index in [1.165, 1.54) is 0 Å². The molecule has 0 radical (unpaired) electrons. The number of likely N-dealkylation sites (tertiary alicyclic amines) is 1. The van der Waals surface area contributed by atoms with Crippen LogP contribution in [0.5, 0.6) is 0 Å². The lowest BCUT2D eigenvalue weighted by molar-refractivity contribution is 0.0384. The molecule has 80 valence electrons. The van der Waals surface area contributed by atoms with Crippen molar-refractivity contribution < 1.29 is 9.84 Å². The molecule has 4 heteroatoms. The van der Waals surface area contributed by atoms with E-state index in [-0.39, 0.29) is 12.7 Å². The smallest absolute Gasteiger partial charge is 0.0840 e. The van der Waals surface area contributed by atoms with E-state index in [1.807, 2.05) is 13.8 Å². The molecule has 3 nitrogen and oxygen atoms in total. The third-order valence-corrected chi connectivity index (χ3v) is 2.68. The number of aliphatic hydroxyl groups is 1. The number of likely N-dealkylation sites (N-methyl/N-ethyl adjacent to an activating group) is 1. The average molecular weight is 254 g/mol. The second kappa shape index (κ2) is 7.74. The first-order valence-corrected chi connectivity index (χ1v) is 5.70. The summed E-state index contributed by atoms with van der Waals surface area (Å²) in [7, 11) is 2.07. The van der Waals surface area contributed by atoms with Crippen LogP contribution in [0.25, 0.3) is 0 Å². The van der Waals surface area contributed by atoms with Crippen LogP contribution in [0.4, 0.5) is 0 Å². The number of aliphatic hydroxyl groups excluding tert-OH is 1. The van der Waals surface area contributed by atoms with Gasteiger partial charge in [-0.05, 0) is 7.05 Å². The van der Waals surface area contributed by atoms with Crippen molar-refractivity contribution in [2.75, 3.05) is 33.4 Å². The highest BCUT2D eigenvalue weighted by molar-refractivity contribution is 9.09. The molecule has 1 aliphatic heterocycles. The number of hydrogen-bond donors (Lipinski definition) is 1. The van der Waals surface area contributed by atoms with Gasteiger partial charge in [0.2, 0.25) is 0 Å². The Morgan fingerprint density at radius 2 is 2.08 bits per heavy atom. The summed E-state index contributed by atoms with van der Waals surface area (Å²) >= 11 is 3.53. The maximum absolute atomic E-state index is 8.52. The van der Waals surface area contributed by atoms with Crippen molar-refractivity contribution in [2.45, 2.75) is 24.8 Å². The van der Waals surface area contributed by atoms with Gasteiger partial charge >= 0.3 is 0 Å². The first-order valence-electron chi connectivity index (χ1n) is 4.79. The van der Waals surface area contributed by atoms with Crippen molar-refractivity contribution in [3.05, 3.63) is 0 Å². The van der Waals surface area contributed by atoms with Crippen molar-refractivity contribution >= 4 is 15.9 Å². The lowest BCUT2D eigenvalue weighted by atomic mass is 10.3. The Morgan fingerprint density at radius 1 is 1.46 bits per heavy atom. The van der Waals surface area contributed by atoms with Gasteiger partial charge in [-0.1, -0.05) is 29.8 Å². The second-order valence-corrected chi connectivity index (χ2v) is 4.05. The monoisotopic (exact) mass is 253 g/mol. The molecule has 0 aromatic carbocycles. The molecule has 1 heterocycles. The van der Waals surface area contributed by atoms with Crippen LogP contribution in [-0.2, 0) is 4.74 Å². The predicted octanol–water partition coefficient (Wildman–Crippen LogP) is 1.10. The Morgan fingerprint density at radius 3 is 2.46 bits per heavy atom. The summed E-state index contributed by atoms with van der Waals surface area (Å²) in [6.07, 6.45) is 0.243. The van der Waals surface area contributed by atoms with Crippen LogP contribution >= 0.6 is 15.9 Å².